The number of para-hydroxylation sites is 1. The van der Waals surface area contributed by atoms with Crippen molar-refractivity contribution in [1.82, 2.24) is 25.3 Å². The molecule has 8 heteroatoms. The van der Waals surface area contributed by atoms with E-state index in [1.165, 1.54) is 17.0 Å². The second kappa shape index (κ2) is 8.59. The van der Waals surface area contributed by atoms with Crippen molar-refractivity contribution in [2.75, 3.05) is 24.5 Å². The highest BCUT2D eigenvalue weighted by Crippen LogP contribution is 2.22. The predicted octanol–water partition coefficient (Wildman–Crippen LogP) is 2.09. The molecule has 2 aromatic heterocycles. The Kier molecular flexibility index (Phi) is 4.71. The lowest BCUT2D eigenvalue weighted by Gasteiger charge is -2.32. The quantitative estimate of drug-likeness (QED) is 0.436. The zero-order valence-corrected chi connectivity index (χ0v) is 16.0. The number of hydrogen-bond donors (Lipinski definition) is 3. The van der Waals surface area contributed by atoms with E-state index in [0.29, 0.717) is 18.4 Å². The Morgan fingerprint density at radius 1 is 1.28 bits per heavy atom. The molecule has 0 aliphatic carbocycles. The maximum absolute atomic E-state index is 11.4. The first kappa shape index (κ1) is 15.9. The smallest absolute Gasteiger partial charge is 0.277 e. The van der Waals surface area contributed by atoms with Crippen LogP contribution >= 0.6 is 0 Å². The Balaban J connectivity index is 1.30. The lowest BCUT2D eigenvalue weighted by atomic mass is 9.97. The zero-order chi connectivity index (χ0) is 22.7. The van der Waals surface area contributed by atoms with Crippen molar-refractivity contribution in [3.63, 3.8) is 0 Å². The fourth-order valence-corrected chi connectivity index (χ4v) is 3.81. The number of benzene rings is 1. The van der Waals surface area contributed by atoms with Gasteiger partial charge in [0.1, 0.15) is 0 Å². The Morgan fingerprint density at radius 2 is 2.03 bits per heavy atom. The second-order valence-corrected chi connectivity index (χ2v) is 7.32. The van der Waals surface area contributed by atoms with Crippen molar-refractivity contribution < 1.29 is 14.1 Å². The van der Waals surface area contributed by atoms with E-state index in [-0.39, 0.29) is 5.56 Å². The van der Waals surface area contributed by atoms with Gasteiger partial charge in [0, 0.05) is 60.2 Å². The van der Waals surface area contributed by atoms with Gasteiger partial charge in [-0.15, -0.1) is 0 Å². The van der Waals surface area contributed by atoms with Crippen LogP contribution in [0.25, 0.3) is 10.9 Å². The first-order valence-electron chi connectivity index (χ1n) is 11.2. The lowest BCUT2D eigenvalue weighted by Crippen LogP contribution is -2.38. The van der Waals surface area contributed by atoms with Crippen LogP contribution in [-0.4, -0.2) is 45.3 Å². The summed E-state index contributed by atoms with van der Waals surface area (Å²) in [4.78, 5) is 21.9. The second-order valence-electron chi connectivity index (χ2n) is 7.32. The SMILES string of the molecule is [2H]C([2H])([2H])n1cc(CNCC2CCN(c3ncc(C(=O)NO)cn3)CC2)c2ccccc21. The fraction of sp³-hybridized carbons (Fsp3) is 0.381. The molecule has 3 heterocycles. The number of amides is 1. The van der Waals surface area contributed by atoms with Gasteiger partial charge < -0.3 is 14.8 Å². The van der Waals surface area contributed by atoms with Gasteiger partial charge in [0.15, 0.2) is 0 Å². The highest BCUT2D eigenvalue weighted by atomic mass is 16.5. The van der Waals surface area contributed by atoms with E-state index in [1.807, 2.05) is 24.3 Å². The van der Waals surface area contributed by atoms with Gasteiger partial charge in [-0.05, 0) is 36.9 Å². The topological polar surface area (TPSA) is 95.3 Å². The van der Waals surface area contributed by atoms with Crippen molar-refractivity contribution in [2.45, 2.75) is 19.4 Å². The van der Waals surface area contributed by atoms with E-state index >= 15 is 0 Å². The maximum atomic E-state index is 11.4. The number of carbonyl (C=O) groups is 1. The van der Waals surface area contributed by atoms with Crippen LogP contribution in [0.4, 0.5) is 5.95 Å². The third kappa shape index (κ3) is 4.23. The maximum Gasteiger partial charge on any atom is 0.277 e. The first-order valence-corrected chi connectivity index (χ1v) is 9.68. The normalized spacial score (nSPS) is 17.0. The summed E-state index contributed by atoms with van der Waals surface area (Å²) in [6, 6.07) is 7.58. The van der Waals surface area contributed by atoms with Gasteiger partial charge >= 0.3 is 0 Å². The average molecular weight is 397 g/mol. The van der Waals surface area contributed by atoms with Crippen molar-refractivity contribution in [3.05, 3.63) is 54.0 Å². The largest absolute Gasteiger partial charge is 0.350 e. The molecule has 0 atom stereocenters. The highest BCUT2D eigenvalue weighted by molar-refractivity contribution is 5.92. The van der Waals surface area contributed by atoms with E-state index in [9.17, 15) is 4.79 Å². The van der Waals surface area contributed by atoms with Gasteiger partial charge in [-0.3, -0.25) is 10.0 Å². The number of aryl methyl sites for hydroxylation is 1. The van der Waals surface area contributed by atoms with Crippen molar-refractivity contribution in [3.8, 4) is 0 Å². The Bertz CT molecular complexity index is 1080. The summed E-state index contributed by atoms with van der Waals surface area (Å²) in [6.07, 6.45) is 6.48. The van der Waals surface area contributed by atoms with E-state index in [1.54, 1.807) is 11.7 Å². The van der Waals surface area contributed by atoms with Crippen LogP contribution in [-0.2, 0) is 13.5 Å². The summed E-state index contributed by atoms with van der Waals surface area (Å²) in [5, 5.41) is 13.1. The molecule has 4 rings (SSSR count). The van der Waals surface area contributed by atoms with Gasteiger partial charge in [-0.2, -0.15) is 0 Å². The number of nitrogens with zero attached hydrogens (tertiary/aromatic N) is 4. The van der Waals surface area contributed by atoms with Gasteiger partial charge in [0.05, 0.1) is 5.56 Å². The molecular weight excluding hydrogens is 368 g/mol. The van der Waals surface area contributed by atoms with Gasteiger partial charge in [-0.25, -0.2) is 15.4 Å². The molecule has 0 spiro atoms. The number of piperidine rings is 1. The standard InChI is InChI=1S/C21H26N6O2/c1-26-14-17(18-4-2-3-5-19(18)26)11-22-10-15-6-8-27(9-7-15)21-23-12-16(13-24-21)20(28)25-29/h2-5,12-15,22,29H,6-11H2,1H3,(H,25,28)/i1D3. The van der Waals surface area contributed by atoms with E-state index in [4.69, 9.17) is 9.32 Å². The van der Waals surface area contributed by atoms with E-state index in [0.717, 1.165) is 48.9 Å². The molecule has 1 fully saturated rings. The summed E-state index contributed by atoms with van der Waals surface area (Å²) < 4.78 is 24.7. The summed E-state index contributed by atoms with van der Waals surface area (Å²) in [5.74, 6) is 0.438. The number of rotatable bonds is 6. The molecule has 1 aromatic carbocycles. The molecule has 3 N–H and O–H groups in total. The van der Waals surface area contributed by atoms with Gasteiger partial charge in [0.2, 0.25) is 5.95 Å². The first-order chi connectivity index (χ1) is 15.4. The minimum absolute atomic E-state index is 0.204. The molecule has 1 aliphatic rings. The summed E-state index contributed by atoms with van der Waals surface area (Å²) in [6.45, 7) is 0.887. The number of carbonyl (C=O) groups excluding carboxylic acids is 1. The molecule has 29 heavy (non-hydrogen) atoms. The average Bonchev–Trinajstić information content (AvgIpc) is 3.18. The van der Waals surface area contributed by atoms with Crippen molar-refractivity contribution >= 4 is 22.8 Å². The van der Waals surface area contributed by atoms with E-state index < -0.39 is 12.9 Å². The summed E-state index contributed by atoms with van der Waals surface area (Å²) >= 11 is 0. The Morgan fingerprint density at radius 3 is 2.76 bits per heavy atom. The van der Waals surface area contributed by atoms with Crippen LogP contribution < -0.4 is 15.7 Å². The van der Waals surface area contributed by atoms with Crippen LogP contribution in [0.5, 0.6) is 0 Å². The number of hydrogen-bond acceptors (Lipinski definition) is 6. The number of fused-ring (bicyclic) bond motifs is 1. The molecular formula is C21H26N6O2. The molecule has 0 unspecified atom stereocenters. The number of anilines is 1. The Labute approximate surface area is 173 Å². The molecule has 0 bridgehead atoms. The molecule has 8 nitrogen and oxygen atoms in total. The predicted molar refractivity (Wildman–Crippen MR) is 111 cm³/mol. The molecule has 1 saturated heterocycles. The minimum atomic E-state index is -2.20. The lowest BCUT2D eigenvalue weighted by molar-refractivity contribution is 0.0705. The Hall–Kier alpha value is -2.97. The highest BCUT2D eigenvalue weighted by Gasteiger charge is 2.21. The third-order valence-electron chi connectivity index (χ3n) is 5.44. The fourth-order valence-electron chi connectivity index (χ4n) is 3.81. The van der Waals surface area contributed by atoms with Crippen molar-refractivity contribution in [2.24, 2.45) is 12.9 Å². The molecule has 3 aromatic rings. The van der Waals surface area contributed by atoms with E-state index in [2.05, 4.69) is 20.2 Å². The number of nitrogens with one attached hydrogen (secondary N) is 2. The monoisotopic (exact) mass is 397 g/mol. The van der Waals surface area contributed by atoms with Gasteiger partial charge in [0.25, 0.3) is 5.91 Å². The zero-order valence-electron chi connectivity index (χ0n) is 19.0. The minimum Gasteiger partial charge on any atom is -0.350 e. The number of aromatic nitrogens is 3. The number of hydroxylamine groups is 1. The molecule has 0 radical (unpaired) electrons. The van der Waals surface area contributed by atoms with Crippen LogP contribution in [0.15, 0.2) is 42.9 Å². The van der Waals surface area contributed by atoms with Crippen molar-refractivity contribution in [1.29, 1.82) is 0 Å². The molecule has 1 amide bonds. The molecule has 0 saturated carbocycles. The summed E-state index contributed by atoms with van der Waals surface area (Å²) in [7, 11) is 0. The summed E-state index contributed by atoms with van der Waals surface area (Å²) in [5.41, 5.74) is 3.47. The van der Waals surface area contributed by atoms with Crippen LogP contribution in [0, 0.1) is 5.92 Å². The van der Waals surface area contributed by atoms with Crippen LogP contribution in [0.3, 0.4) is 0 Å². The van der Waals surface area contributed by atoms with Crippen LogP contribution in [0.2, 0.25) is 0 Å². The van der Waals surface area contributed by atoms with Crippen LogP contribution in [0.1, 0.15) is 32.9 Å². The third-order valence-corrected chi connectivity index (χ3v) is 5.44. The molecule has 152 valence electrons. The molecule has 1 aliphatic heterocycles. The van der Waals surface area contributed by atoms with Gasteiger partial charge in [-0.1, -0.05) is 18.2 Å².